The summed E-state index contributed by atoms with van der Waals surface area (Å²) >= 11 is 0. The van der Waals surface area contributed by atoms with Crippen LogP contribution in [-0.2, 0) is 18.4 Å². The number of amides is 2. The Morgan fingerprint density at radius 3 is 2.67 bits per heavy atom. The molecule has 8 heteroatoms. The fraction of sp³-hybridized carbons (Fsp3) is 0.500. The molecule has 0 radical (unpaired) electrons. The van der Waals surface area contributed by atoms with Gasteiger partial charge in [0.2, 0.25) is 5.91 Å². The van der Waals surface area contributed by atoms with Crippen molar-refractivity contribution in [3.63, 3.8) is 0 Å². The van der Waals surface area contributed by atoms with Crippen LogP contribution in [0.25, 0.3) is 0 Å². The van der Waals surface area contributed by atoms with Gasteiger partial charge in [0.15, 0.2) is 11.5 Å². The van der Waals surface area contributed by atoms with Crippen LogP contribution in [0.5, 0.6) is 0 Å². The second kappa shape index (κ2) is 6.86. The summed E-state index contributed by atoms with van der Waals surface area (Å²) in [6, 6.07) is 3.31. The van der Waals surface area contributed by atoms with Gasteiger partial charge in [-0.1, -0.05) is 12.8 Å². The highest BCUT2D eigenvalue weighted by atomic mass is 16.2. The molecular weight excluding hydrogens is 308 g/mol. The van der Waals surface area contributed by atoms with Gasteiger partial charge < -0.3 is 10.6 Å². The Bertz CT molecular complexity index is 742. The van der Waals surface area contributed by atoms with Crippen LogP contribution in [0, 0.1) is 5.92 Å². The van der Waals surface area contributed by atoms with E-state index >= 15 is 0 Å². The van der Waals surface area contributed by atoms with Crippen molar-refractivity contribution >= 4 is 23.5 Å². The van der Waals surface area contributed by atoms with Gasteiger partial charge in [-0.3, -0.25) is 19.0 Å². The summed E-state index contributed by atoms with van der Waals surface area (Å²) < 4.78 is 3.23. The first kappa shape index (κ1) is 16.2. The third-order valence-corrected chi connectivity index (χ3v) is 4.30. The van der Waals surface area contributed by atoms with E-state index in [9.17, 15) is 9.59 Å². The van der Waals surface area contributed by atoms with Crippen molar-refractivity contribution in [2.24, 2.45) is 13.0 Å². The van der Waals surface area contributed by atoms with Crippen molar-refractivity contribution in [1.29, 1.82) is 0 Å². The van der Waals surface area contributed by atoms with Gasteiger partial charge in [-0.2, -0.15) is 10.2 Å². The molecule has 2 amide bonds. The largest absolute Gasteiger partial charge is 0.311 e. The fourth-order valence-electron chi connectivity index (χ4n) is 2.90. The Morgan fingerprint density at radius 2 is 2.00 bits per heavy atom. The van der Waals surface area contributed by atoms with Crippen LogP contribution in [0.1, 0.15) is 43.1 Å². The minimum Gasteiger partial charge on any atom is -0.311 e. The van der Waals surface area contributed by atoms with Crippen LogP contribution in [0.15, 0.2) is 18.3 Å². The van der Waals surface area contributed by atoms with E-state index in [2.05, 4.69) is 20.8 Å². The molecule has 0 bridgehead atoms. The standard InChI is InChI=1S/C16H22N6O2/c1-3-22-9-8-13(20-22)17-16(24)12-10-14(21(2)19-12)18-15(23)11-6-4-5-7-11/h8-11H,3-7H2,1-2H3,(H,18,23)(H,17,20,24). The van der Waals surface area contributed by atoms with Gasteiger partial charge in [-0.05, 0) is 19.8 Å². The molecule has 128 valence electrons. The topological polar surface area (TPSA) is 93.8 Å². The van der Waals surface area contributed by atoms with Crippen LogP contribution >= 0.6 is 0 Å². The molecule has 2 aromatic heterocycles. The Hall–Kier alpha value is -2.64. The molecule has 2 N–H and O–H groups in total. The normalized spacial score (nSPS) is 14.8. The van der Waals surface area contributed by atoms with Gasteiger partial charge in [-0.15, -0.1) is 0 Å². The van der Waals surface area contributed by atoms with Crippen molar-refractivity contribution in [3.05, 3.63) is 24.0 Å². The molecule has 3 rings (SSSR count). The summed E-state index contributed by atoms with van der Waals surface area (Å²) in [5.41, 5.74) is 0.241. The molecule has 1 aliphatic carbocycles. The number of nitrogens with zero attached hydrogens (tertiary/aromatic N) is 4. The van der Waals surface area contributed by atoms with E-state index in [1.165, 1.54) is 4.68 Å². The molecule has 2 aromatic rings. The number of hydrogen-bond acceptors (Lipinski definition) is 4. The highest BCUT2D eigenvalue weighted by molar-refractivity contribution is 6.03. The van der Waals surface area contributed by atoms with Gasteiger partial charge in [0.25, 0.3) is 5.91 Å². The molecule has 1 fully saturated rings. The quantitative estimate of drug-likeness (QED) is 0.877. The van der Waals surface area contributed by atoms with Crippen molar-refractivity contribution in [2.45, 2.75) is 39.2 Å². The highest BCUT2D eigenvalue weighted by Crippen LogP contribution is 2.26. The van der Waals surface area contributed by atoms with Gasteiger partial charge in [0.05, 0.1) is 0 Å². The lowest BCUT2D eigenvalue weighted by atomic mass is 10.1. The molecule has 1 saturated carbocycles. The number of nitrogens with one attached hydrogen (secondary N) is 2. The molecule has 1 aliphatic rings. The zero-order chi connectivity index (χ0) is 17.1. The van der Waals surface area contributed by atoms with E-state index in [-0.39, 0.29) is 23.4 Å². The van der Waals surface area contributed by atoms with Gasteiger partial charge in [0.1, 0.15) is 5.82 Å². The maximum absolute atomic E-state index is 12.3. The molecule has 8 nitrogen and oxygen atoms in total. The lowest BCUT2D eigenvalue weighted by molar-refractivity contribution is -0.119. The summed E-state index contributed by atoms with van der Waals surface area (Å²) in [4.78, 5) is 24.5. The average Bonchev–Trinajstić information content (AvgIpc) is 3.29. The van der Waals surface area contributed by atoms with E-state index in [0.717, 1.165) is 32.2 Å². The van der Waals surface area contributed by atoms with Gasteiger partial charge in [-0.25, -0.2) is 0 Å². The van der Waals surface area contributed by atoms with E-state index in [1.807, 2.05) is 6.92 Å². The van der Waals surface area contributed by atoms with Crippen LogP contribution in [0.4, 0.5) is 11.6 Å². The molecule has 0 saturated heterocycles. The monoisotopic (exact) mass is 330 g/mol. The van der Waals surface area contributed by atoms with Crippen molar-refractivity contribution < 1.29 is 9.59 Å². The van der Waals surface area contributed by atoms with E-state index in [0.29, 0.717) is 11.6 Å². The number of carbonyl (C=O) groups excluding carboxylic acids is 2. The SMILES string of the molecule is CCn1ccc(NC(=O)c2cc(NC(=O)C3CCCC3)n(C)n2)n1. The molecule has 0 spiro atoms. The first-order valence-corrected chi connectivity index (χ1v) is 8.26. The summed E-state index contributed by atoms with van der Waals surface area (Å²) in [5.74, 6) is 0.716. The summed E-state index contributed by atoms with van der Waals surface area (Å²) in [6.07, 6.45) is 5.85. The second-order valence-electron chi connectivity index (χ2n) is 6.02. The zero-order valence-corrected chi connectivity index (χ0v) is 14.0. The number of anilines is 2. The van der Waals surface area contributed by atoms with Gasteiger partial charge >= 0.3 is 0 Å². The highest BCUT2D eigenvalue weighted by Gasteiger charge is 2.24. The molecule has 0 unspecified atom stereocenters. The minimum atomic E-state index is -0.353. The Morgan fingerprint density at radius 1 is 1.25 bits per heavy atom. The number of aromatic nitrogens is 4. The smallest absolute Gasteiger partial charge is 0.277 e. The van der Waals surface area contributed by atoms with Crippen LogP contribution in [-0.4, -0.2) is 31.4 Å². The molecule has 0 atom stereocenters. The van der Waals surface area contributed by atoms with Crippen molar-refractivity contribution in [1.82, 2.24) is 19.6 Å². The minimum absolute atomic E-state index is 0.00384. The molecular formula is C16H22N6O2. The maximum atomic E-state index is 12.3. The average molecular weight is 330 g/mol. The Balaban J connectivity index is 1.66. The van der Waals surface area contributed by atoms with Crippen LogP contribution < -0.4 is 10.6 Å². The van der Waals surface area contributed by atoms with Crippen LogP contribution in [0.3, 0.4) is 0 Å². The number of carbonyl (C=O) groups is 2. The molecule has 2 heterocycles. The third kappa shape index (κ3) is 3.47. The molecule has 0 aliphatic heterocycles. The molecule has 24 heavy (non-hydrogen) atoms. The fourth-order valence-corrected chi connectivity index (χ4v) is 2.90. The first-order chi connectivity index (χ1) is 11.6. The summed E-state index contributed by atoms with van der Waals surface area (Å²) in [6.45, 7) is 2.70. The maximum Gasteiger partial charge on any atom is 0.277 e. The number of rotatable bonds is 5. The van der Waals surface area contributed by atoms with Crippen LogP contribution in [0.2, 0.25) is 0 Å². The Kier molecular flexibility index (Phi) is 4.64. The first-order valence-electron chi connectivity index (χ1n) is 8.26. The van der Waals surface area contributed by atoms with Crippen molar-refractivity contribution in [3.8, 4) is 0 Å². The van der Waals surface area contributed by atoms with E-state index in [4.69, 9.17) is 0 Å². The van der Waals surface area contributed by atoms with E-state index in [1.54, 1.807) is 30.1 Å². The molecule has 0 aromatic carbocycles. The zero-order valence-electron chi connectivity index (χ0n) is 14.0. The Labute approximate surface area is 140 Å². The van der Waals surface area contributed by atoms with Gasteiger partial charge in [0, 0.05) is 37.8 Å². The predicted octanol–water partition coefficient (Wildman–Crippen LogP) is 2.02. The predicted molar refractivity (Wildman–Crippen MR) is 89.6 cm³/mol. The van der Waals surface area contributed by atoms with E-state index < -0.39 is 0 Å². The summed E-state index contributed by atoms with van der Waals surface area (Å²) in [7, 11) is 1.70. The second-order valence-corrected chi connectivity index (χ2v) is 6.02. The third-order valence-electron chi connectivity index (χ3n) is 4.30. The van der Waals surface area contributed by atoms with Crippen molar-refractivity contribution in [2.75, 3.05) is 10.6 Å². The number of aryl methyl sites for hydroxylation is 2. The lowest BCUT2D eigenvalue weighted by Gasteiger charge is -2.09. The lowest BCUT2D eigenvalue weighted by Crippen LogP contribution is -2.21. The summed E-state index contributed by atoms with van der Waals surface area (Å²) in [5, 5.41) is 13.9. The number of hydrogen-bond donors (Lipinski definition) is 2.